The van der Waals surface area contributed by atoms with E-state index < -0.39 is 0 Å². The van der Waals surface area contributed by atoms with Crippen molar-refractivity contribution in [3.05, 3.63) is 40.9 Å². The lowest BCUT2D eigenvalue weighted by Gasteiger charge is -2.15. The van der Waals surface area contributed by atoms with E-state index in [2.05, 4.69) is 35.6 Å². The van der Waals surface area contributed by atoms with Gasteiger partial charge in [-0.25, -0.2) is 4.98 Å². The molecule has 0 saturated heterocycles. The number of nitrogens with one attached hydrogen (secondary N) is 1. The minimum absolute atomic E-state index is 0.638. The molecule has 0 fully saturated rings. The van der Waals surface area contributed by atoms with Crippen molar-refractivity contribution in [3.8, 4) is 6.07 Å². The second-order valence-corrected chi connectivity index (χ2v) is 6.20. The monoisotopic (exact) mass is 300 g/mol. The number of thiazole rings is 1. The average molecular weight is 300 g/mol. The van der Waals surface area contributed by atoms with Gasteiger partial charge in [0.05, 0.1) is 17.3 Å². The van der Waals surface area contributed by atoms with Crippen LogP contribution in [-0.2, 0) is 6.54 Å². The molecule has 1 aromatic carbocycles. The number of aromatic nitrogens is 1. The Labute approximate surface area is 130 Å². The lowest BCUT2D eigenvalue weighted by molar-refractivity contribution is 0.549. The molecule has 110 valence electrons. The fourth-order valence-corrected chi connectivity index (χ4v) is 2.73. The van der Waals surface area contributed by atoms with Gasteiger partial charge in [-0.3, -0.25) is 0 Å². The summed E-state index contributed by atoms with van der Waals surface area (Å²) in [6.45, 7) is 6.17. The summed E-state index contributed by atoms with van der Waals surface area (Å²) in [5.74, 6) is 0.638. The first kappa shape index (κ1) is 15.5. The molecule has 0 aliphatic rings. The molecule has 2 aromatic rings. The molecule has 0 radical (unpaired) electrons. The Bertz CT molecular complexity index is 627. The van der Waals surface area contributed by atoms with Gasteiger partial charge in [-0.1, -0.05) is 19.9 Å². The fourth-order valence-electron chi connectivity index (χ4n) is 1.91. The molecule has 0 amide bonds. The van der Waals surface area contributed by atoms with Gasteiger partial charge < -0.3 is 10.2 Å². The highest BCUT2D eigenvalue weighted by atomic mass is 32.1. The second-order valence-electron chi connectivity index (χ2n) is 5.37. The van der Waals surface area contributed by atoms with E-state index in [4.69, 9.17) is 5.26 Å². The summed E-state index contributed by atoms with van der Waals surface area (Å²) in [6, 6.07) is 9.72. The van der Waals surface area contributed by atoms with Gasteiger partial charge in [0.1, 0.15) is 0 Å². The molecule has 0 spiro atoms. The van der Waals surface area contributed by atoms with Crippen molar-refractivity contribution in [2.75, 3.05) is 18.5 Å². The van der Waals surface area contributed by atoms with Gasteiger partial charge >= 0.3 is 0 Å². The Hall–Kier alpha value is -1.90. The van der Waals surface area contributed by atoms with Gasteiger partial charge in [0.25, 0.3) is 0 Å². The van der Waals surface area contributed by atoms with Crippen LogP contribution < -0.4 is 10.2 Å². The Morgan fingerprint density at radius 3 is 2.95 bits per heavy atom. The van der Waals surface area contributed by atoms with E-state index in [9.17, 15) is 0 Å². The van der Waals surface area contributed by atoms with Crippen LogP contribution in [0.1, 0.15) is 25.1 Å². The highest BCUT2D eigenvalue weighted by Gasteiger charge is 2.09. The molecule has 0 aliphatic heterocycles. The molecular weight excluding hydrogens is 280 g/mol. The molecule has 0 aliphatic carbocycles. The molecule has 0 bridgehead atoms. The van der Waals surface area contributed by atoms with Crippen LogP contribution in [0.15, 0.2) is 29.6 Å². The van der Waals surface area contributed by atoms with E-state index in [0.29, 0.717) is 11.5 Å². The zero-order valence-corrected chi connectivity index (χ0v) is 13.4. The molecule has 0 saturated carbocycles. The molecule has 1 heterocycles. The van der Waals surface area contributed by atoms with Crippen molar-refractivity contribution in [2.24, 2.45) is 5.92 Å². The van der Waals surface area contributed by atoms with E-state index in [1.54, 1.807) is 17.4 Å². The summed E-state index contributed by atoms with van der Waals surface area (Å²) in [5, 5.41) is 15.4. The van der Waals surface area contributed by atoms with Gasteiger partial charge in [0.15, 0.2) is 5.13 Å². The van der Waals surface area contributed by atoms with Crippen molar-refractivity contribution in [1.29, 1.82) is 5.26 Å². The van der Waals surface area contributed by atoms with Crippen molar-refractivity contribution in [3.63, 3.8) is 0 Å². The van der Waals surface area contributed by atoms with Gasteiger partial charge in [-0.05, 0) is 30.7 Å². The third kappa shape index (κ3) is 4.28. The first-order chi connectivity index (χ1) is 10.1. The molecule has 1 aromatic heterocycles. The number of hydrogen-bond acceptors (Lipinski definition) is 5. The number of benzene rings is 1. The van der Waals surface area contributed by atoms with Crippen molar-refractivity contribution >= 4 is 22.2 Å². The minimum Gasteiger partial charge on any atom is -0.321 e. The topological polar surface area (TPSA) is 52.0 Å². The Morgan fingerprint density at radius 1 is 1.43 bits per heavy atom. The van der Waals surface area contributed by atoms with Crippen LogP contribution in [0, 0.1) is 17.2 Å². The third-order valence-electron chi connectivity index (χ3n) is 3.05. The second kappa shape index (κ2) is 7.21. The Balaban J connectivity index is 2.04. The van der Waals surface area contributed by atoms with Gasteiger partial charge in [-0.2, -0.15) is 5.26 Å². The first-order valence-corrected chi connectivity index (χ1v) is 7.87. The quantitative estimate of drug-likeness (QED) is 0.886. The van der Waals surface area contributed by atoms with Crippen molar-refractivity contribution < 1.29 is 0 Å². The summed E-state index contributed by atoms with van der Waals surface area (Å²) in [7, 11) is 1.97. The lowest BCUT2D eigenvalue weighted by Crippen LogP contribution is -2.19. The number of anilines is 2. The van der Waals surface area contributed by atoms with Crippen LogP contribution in [0.4, 0.5) is 10.8 Å². The number of rotatable bonds is 6. The average Bonchev–Trinajstić information content (AvgIpc) is 2.95. The van der Waals surface area contributed by atoms with Crippen LogP contribution in [0.25, 0.3) is 0 Å². The number of nitrogens with zero attached hydrogens (tertiary/aromatic N) is 3. The van der Waals surface area contributed by atoms with Crippen LogP contribution in [-0.4, -0.2) is 18.6 Å². The summed E-state index contributed by atoms with van der Waals surface area (Å²) in [5.41, 5.74) is 2.69. The summed E-state index contributed by atoms with van der Waals surface area (Å²) in [6.07, 6.45) is 0. The molecule has 1 N–H and O–H groups in total. The van der Waals surface area contributed by atoms with E-state index >= 15 is 0 Å². The molecule has 5 heteroatoms. The normalized spacial score (nSPS) is 10.6. The van der Waals surface area contributed by atoms with Crippen LogP contribution >= 0.6 is 11.3 Å². The smallest absolute Gasteiger partial charge is 0.189 e. The summed E-state index contributed by atoms with van der Waals surface area (Å²) >= 11 is 1.62. The molecule has 4 nitrogen and oxygen atoms in total. The highest BCUT2D eigenvalue weighted by Crippen LogP contribution is 2.27. The van der Waals surface area contributed by atoms with E-state index in [-0.39, 0.29) is 0 Å². The lowest BCUT2D eigenvalue weighted by atomic mass is 10.2. The maximum atomic E-state index is 8.97. The third-order valence-corrected chi connectivity index (χ3v) is 4.01. The largest absolute Gasteiger partial charge is 0.321 e. The van der Waals surface area contributed by atoms with E-state index in [0.717, 1.165) is 29.6 Å². The maximum Gasteiger partial charge on any atom is 0.189 e. The predicted octanol–water partition coefficient (Wildman–Crippen LogP) is 3.53. The standard InChI is InChI=1S/C16H20N4S/c1-12(2)9-18-10-14-11-21-16(19-14)20(3)15-6-4-5-13(7-15)8-17/h4-7,11-12,18H,9-10H2,1-3H3. The first-order valence-electron chi connectivity index (χ1n) is 6.99. The van der Waals surface area contributed by atoms with Gasteiger partial charge in [0, 0.05) is 24.7 Å². The fraction of sp³-hybridized carbons (Fsp3) is 0.375. The Kier molecular flexibility index (Phi) is 5.32. The van der Waals surface area contributed by atoms with Crippen LogP contribution in [0.3, 0.4) is 0 Å². The van der Waals surface area contributed by atoms with Crippen LogP contribution in [0.2, 0.25) is 0 Å². The minimum atomic E-state index is 0.638. The molecule has 21 heavy (non-hydrogen) atoms. The molecular formula is C16H20N4S. The van der Waals surface area contributed by atoms with Gasteiger partial charge in [-0.15, -0.1) is 11.3 Å². The van der Waals surface area contributed by atoms with E-state index in [1.165, 1.54) is 0 Å². The van der Waals surface area contributed by atoms with Crippen molar-refractivity contribution in [2.45, 2.75) is 20.4 Å². The Morgan fingerprint density at radius 2 is 2.24 bits per heavy atom. The SMILES string of the molecule is CC(C)CNCc1csc(N(C)c2cccc(C#N)c2)n1. The molecule has 0 atom stereocenters. The maximum absolute atomic E-state index is 8.97. The molecule has 0 unspecified atom stereocenters. The zero-order valence-electron chi connectivity index (χ0n) is 12.6. The molecule has 2 rings (SSSR count). The summed E-state index contributed by atoms with van der Waals surface area (Å²) < 4.78 is 0. The summed E-state index contributed by atoms with van der Waals surface area (Å²) in [4.78, 5) is 6.65. The predicted molar refractivity (Wildman–Crippen MR) is 87.9 cm³/mol. The van der Waals surface area contributed by atoms with E-state index in [1.807, 2.05) is 30.1 Å². The zero-order chi connectivity index (χ0) is 15.2. The number of nitriles is 1. The van der Waals surface area contributed by atoms with Crippen LogP contribution in [0.5, 0.6) is 0 Å². The highest BCUT2D eigenvalue weighted by molar-refractivity contribution is 7.13. The van der Waals surface area contributed by atoms with Crippen molar-refractivity contribution in [1.82, 2.24) is 10.3 Å². The number of hydrogen-bond donors (Lipinski definition) is 1. The van der Waals surface area contributed by atoms with Gasteiger partial charge in [0.2, 0.25) is 0 Å².